The molecule has 0 saturated carbocycles. The van der Waals surface area contributed by atoms with E-state index in [0.717, 1.165) is 11.3 Å². The quantitative estimate of drug-likeness (QED) is 0.745. The third kappa shape index (κ3) is 3.21. The van der Waals surface area contributed by atoms with Gasteiger partial charge in [-0.15, -0.1) is 0 Å². The van der Waals surface area contributed by atoms with Crippen LogP contribution in [0.3, 0.4) is 0 Å². The number of methoxy groups -OCH3 is 1. The Morgan fingerprint density at radius 2 is 1.89 bits per heavy atom. The van der Waals surface area contributed by atoms with Crippen LogP contribution in [0.1, 0.15) is 27.8 Å². The highest BCUT2D eigenvalue weighted by molar-refractivity contribution is 5.98. The van der Waals surface area contributed by atoms with Crippen molar-refractivity contribution in [2.45, 2.75) is 12.7 Å². The van der Waals surface area contributed by atoms with Crippen molar-refractivity contribution in [2.75, 3.05) is 12.4 Å². The van der Waals surface area contributed by atoms with Crippen LogP contribution >= 0.6 is 0 Å². The number of halogens is 1. The Balaban J connectivity index is 1.67. The summed E-state index contributed by atoms with van der Waals surface area (Å²) in [6, 6.07) is 17.4. The molecule has 27 heavy (non-hydrogen) atoms. The van der Waals surface area contributed by atoms with Gasteiger partial charge in [0.15, 0.2) is 0 Å². The summed E-state index contributed by atoms with van der Waals surface area (Å²) in [6.45, 7) is 0.366. The lowest BCUT2D eigenvalue weighted by Crippen LogP contribution is -2.32. The van der Waals surface area contributed by atoms with Crippen LogP contribution in [0, 0.1) is 5.82 Å². The summed E-state index contributed by atoms with van der Waals surface area (Å²) < 4.78 is 19.3. The molecule has 0 saturated heterocycles. The molecule has 0 unspecified atom stereocenters. The van der Waals surface area contributed by atoms with Crippen molar-refractivity contribution in [3.8, 4) is 5.75 Å². The van der Waals surface area contributed by atoms with Gasteiger partial charge in [-0.1, -0.05) is 24.3 Å². The van der Waals surface area contributed by atoms with Gasteiger partial charge in [-0.25, -0.2) is 4.39 Å². The minimum Gasteiger partial charge on any atom is -0.497 e. The molecular weight excluding hydrogens is 345 g/mol. The summed E-state index contributed by atoms with van der Waals surface area (Å²) in [5.74, 6) is 0.235. The second-order valence-electron chi connectivity index (χ2n) is 6.24. The van der Waals surface area contributed by atoms with Crippen LogP contribution in [0.2, 0.25) is 0 Å². The zero-order valence-electron chi connectivity index (χ0n) is 14.7. The second-order valence-corrected chi connectivity index (χ2v) is 6.24. The summed E-state index contributed by atoms with van der Waals surface area (Å²) in [5, 5.41) is 3.13. The molecular formula is C21H18FN3O2. The zero-order chi connectivity index (χ0) is 18.8. The van der Waals surface area contributed by atoms with Crippen LogP contribution < -0.4 is 10.1 Å². The molecule has 5 nitrogen and oxygen atoms in total. The molecule has 0 spiro atoms. The Labute approximate surface area is 156 Å². The van der Waals surface area contributed by atoms with Gasteiger partial charge in [0.1, 0.15) is 17.7 Å². The number of ether oxygens (including phenoxy) is 1. The van der Waals surface area contributed by atoms with Crippen molar-refractivity contribution in [1.29, 1.82) is 0 Å². The molecule has 0 bridgehead atoms. The fraction of sp³-hybridized carbons (Fsp3) is 0.143. The van der Waals surface area contributed by atoms with E-state index >= 15 is 0 Å². The van der Waals surface area contributed by atoms with Crippen molar-refractivity contribution in [2.24, 2.45) is 0 Å². The molecule has 0 radical (unpaired) electrons. The van der Waals surface area contributed by atoms with E-state index in [1.54, 1.807) is 48.5 Å². The first-order valence-corrected chi connectivity index (χ1v) is 8.57. The number of nitrogens with zero attached hydrogens (tertiary/aromatic N) is 2. The summed E-state index contributed by atoms with van der Waals surface area (Å²) in [4.78, 5) is 19.0. The Morgan fingerprint density at radius 3 is 2.63 bits per heavy atom. The van der Waals surface area contributed by atoms with E-state index in [1.807, 2.05) is 24.3 Å². The van der Waals surface area contributed by atoms with Crippen molar-refractivity contribution in [3.63, 3.8) is 0 Å². The van der Waals surface area contributed by atoms with Gasteiger partial charge in [0.2, 0.25) is 0 Å². The molecule has 1 atom stereocenters. The number of nitrogens with one attached hydrogen (secondary N) is 1. The van der Waals surface area contributed by atoms with E-state index in [0.29, 0.717) is 23.5 Å². The maximum absolute atomic E-state index is 14.2. The third-order valence-corrected chi connectivity index (χ3v) is 4.58. The first-order chi connectivity index (χ1) is 13.2. The Morgan fingerprint density at radius 1 is 1.11 bits per heavy atom. The molecule has 3 aromatic rings. The first kappa shape index (κ1) is 17.0. The van der Waals surface area contributed by atoms with Crippen molar-refractivity contribution < 1.29 is 13.9 Å². The molecule has 1 aromatic heterocycles. The molecule has 1 N–H and O–H groups in total. The van der Waals surface area contributed by atoms with Crippen LogP contribution in [0.25, 0.3) is 0 Å². The van der Waals surface area contributed by atoms with Gasteiger partial charge in [0.05, 0.1) is 24.1 Å². The largest absolute Gasteiger partial charge is 0.497 e. The van der Waals surface area contributed by atoms with Crippen LogP contribution in [0.5, 0.6) is 5.75 Å². The molecule has 1 amide bonds. The maximum atomic E-state index is 14.2. The van der Waals surface area contributed by atoms with Gasteiger partial charge in [-0.2, -0.15) is 0 Å². The van der Waals surface area contributed by atoms with Gasteiger partial charge in [-0.3, -0.25) is 9.78 Å². The van der Waals surface area contributed by atoms with E-state index in [9.17, 15) is 9.18 Å². The Bertz CT molecular complexity index is 975. The highest BCUT2D eigenvalue weighted by atomic mass is 19.1. The fourth-order valence-electron chi connectivity index (χ4n) is 3.20. The number of carbonyl (C=O) groups excluding carboxylic acids is 1. The summed E-state index contributed by atoms with van der Waals surface area (Å²) in [7, 11) is 1.61. The fourth-order valence-corrected chi connectivity index (χ4v) is 3.20. The number of pyridine rings is 1. The average molecular weight is 363 g/mol. The summed E-state index contributed by atoms with van der Waals surface area (Å²) >= 11 is 0. The van der Waals surface area contributed by atoms with Gasteiger partial charge in [0, 0.05) is 12.7 Å². The van der Waals surface area contributed by atoms with Gasteiger partial charge in [0.25, 0.3) is 5.91 Å². The second kappa shape index (κ2) is 7.07. The number of hydrogen-bond acceptors (Lipinski definition) is 4. The first-order valence-electron chi connectivity index (χ1n) is 8.57. The topological polar surface area (TPSA) is 54.5 Å². The number of hydrogen-bond donors (Lipinski definition) is 1. The molecule has 4 rings (SSSR count). The van der Waals surface area contributed by atoms with E-state index in [4.69, 9.17) is 4.74 Å². The highest BCUT2D eigenvalue weighted by Crippen LogP contribution is 2.34. The van der Waals surface area contributed by atoms with Gasteiger partial charge < -0.3 is 15.0 Å². The minimum atomic E-state index is -0.548. The molecule has 136 valence electrons. The number of rotatable bonds is 5. The summed E-state index contributed by atoms with van der Waals surface area (Å²) in [6.07, 6.45) is 1.09. The maximum Gasteiger partial charge on any atom is 0.258 e. The third-order valence-electron chi connectivity index (χ3n) is 4.58. The number of carbonyl (C=O) groups is 1. The lowest BCUT2D eigenvalue weighted by atomic mass is 10.2. The SMILES string of the molecule is COc1ccc(CN2C(=O)c3cccnc3[C@H]2Nc2ccccc2F)cc1. The van der Waals surface area contributed by atoms with Gasteiger partial charge >= 0.3 is 0 Å². The van der Waals surface area contributed by atoms with E-state index in [-0.39, 0.29) is 11.7 Å². The van der Waals surface area contributed by atoms with Gasteiger partial charge in [-0.05, 0) is 42.0 Å². The van der Waals surface area contributed by atoms with E-state index in [1.165, 1.54) is 6.07 Å². The average Bonchev–Trinajstić information content (AvgIpc) is 2.96. The van der Waals surface area contributed by atoms with Crippen LogP contribution in [-0.4, -0.2) is 22.9 Å². The number of anilines is 1. The molecule has 6 heteroatoms. The molecule has 0 fully saturated rings. The molecule has 0 aliphatic carbocycles. The van der Waals surface area contributed by atoms with Crippen LogP contribution in [0.15, 0.2) is 66.9 Å². The lowest BCUT2D eigenvalue weighted by Gasteiger charge is -2.26. The van der Waals surface area contributed by atoms with Crippen molar-refractivity contribution in [1.82, 2.24) is 9.88 Å². The monoisotopic (exact) mass is 363 g/mol. The van der Waals surface area contributed by atoms with Crippen LogP contribution in [0.4, 0.5) is 10.1 Å². The Hall–Kier alpha value is -3.41. The van der Waals surface area contributed by atoms with Crippen molar-refractivity contribution >= 4 is 11.6 Å². The number of benzene rings is 2. The number of aromatic nitrogens is 1. The highest BCUT2D eigenvalue weighted by Gasteiger charge is 2.38. The zero-order valence-corrected chi connectivity index (χ0v) is 14.7. The number of amides is 1. The molecule has 1 aliphatic heterocycles. The standard InChI is InChI=1S/C21H18FN3O2/c1-27-15-10-8-14(9-11-15)13-25-20(24-18-7-3-2-6-17(18)22)19-16(21(25)26)5-4-12-23-19/h2-12,20,24H,13H2,1H3/t20-/m0/s1. The number of para-hydroxylation sites is 1. The predicted molar refractivity (Wildman–Crippen MR) is 99.9 cm³/mol. The lowest BCUT2D eigenvalue weighted by molar-refractivity contribution is 0.0727. The van der Waals surface area contributed by atoms with E-state index < -0.39 is 6.17 Å². The molecule has 2 aromatic carbocycles. The predicted octanol–water partition coefficient (Wildman–Crippen LogP) is 4.00. The van der Waals surface area contributed by atoms with E-state index in [2.05, 4.69) is 10.3 Å². The molecule has 2 heterocycles. The number of fused-ring (bicyclic) bond motifs is 1. The Kier molecular flexibility index (Phi) is 4.46. The smallest absolute Gasteiger partial charge is 0.258 e. The molecule has 1 aliphatic rings. The summed E-state index contributed by atoms with van der Waals surface area (Å²) in [5.41, 5.74) is 2.39. The minimum absolute atomic E-state index is 0.136. The normalized spacial score (nSPS) is 15.6. The van der Waals surface area contributed by atoms with Crippen molar-refractivity contribution in [3.05, 3.63) is 89.5 Å². The van der Waals surface area contributed by atoms with Crippen LogP contribution in [-0.2, 0) is 6.54 Å².